The number of fused-ring (bicyclic) bond motifs is 2. The number of anilines is 1. The molecule has 222 valence electrons. The van der Waals surface area contributed by atoms with E-state index in [1.165, 1.54) is 23.1 Å². The fourth-order valence-corrected chi connectivity index (χ4v) is 8.09. The molecule has 0 saturated heterocycles. The molecule has 0 fully saturated rings. The summed E-state index contributed by atoms with van der Waals surface area (Å²) in [4.78, 5) is 2.58. The molecule has 0 spiro atoms. The number of hydrogen-bond acceptors (Lipinski definition) is 9. The Bertz CT molecular complexity index is 1740. The Balaban J connectivity index is 1.75. The van der Waals surface area contributed by atoms with Crippen LogP contribution in [-0.2, 0) is 26.8 Å². The van der Waals surface area contributed by atoms with Crippen LogP contribution >= 0.6 is 46.3 Å². The van der Waals surface area contributed by atoms with E-state index in [0.29, 0.717) is 37.7 Å². The largest absolute Gasteiger partial charge is 0.390 e. The van der Waals surface area contributed by atoms with Crippen molar-refractivity contribution in [1.82, 2.24) is 0 Å². The molecular formula is C25H27Cl2N2O8S4+. The Morgan fingerprint density at radius 2 is 1.63 bits per heavy atom. The van der Waals surface area contributed by atoms with E-state index in [9.17, 15) is 36.2 Å². The van der Waals surface area contributed by atoms with Gasteiger partial charge in [0.1, 0.15) is 22.3 Å². The molecule has 10 nitrogen and oxygen atoms in total. The summed E-state index contributed by atoms with van der Waals surface area (Å²) < 4.78 is 66.4. The van der Waals surface area contributed by atoms with Crippen LogP contribution in [0.5, 0.6) is 0 Å². The van der Waals surface area contributed by atoms with E-state index in [4.69, 9.17) is 23.2 Å². The third-order valence-electron chi connectivity index (χ3n) is 6.00. The summed E-state index contributed by atoms with van der Waals surface area (Å²) in [6.07, 6.45) is 1.56. The van der Waals surface area contributed by atoms with Crippen molar-refractivity contribution in [3.8, 4) is 0 Å². The van der Waals surface area contributed by atoms with Crippen molar-refractivity contribution in [2.24, 2.45) is 0 Å². The first-order chi connectivity index (χ1) is 19.1. The molecule has 1 aliphatic rings. The molecule has 0 aliphatic carbocycles. The smallest absolute Gasteiger partial charge is 0.267 e. The zero-order valence-electron chi connectivity index (χ0n) is 21.5. The standard InChI is InChI=1S/C25H26Cl2N2O8S4/c1-2-15(7-24-28(11-18(30)13-40(32,33)34)20-9-16(26)3-5-22(20)38-24)8-25-29(12-19(31)14-41(35,36)37)21-10-17(27)4-6-23(21)39-25/h3-10,18-19,30-31H,2,11-14H2,1H3,(H-,32,33,34,35,36,37)/p+1. The second-order valence-corrected chi connectivity index (χ2v) is 15.3. The van der Waals surface area contributed by atoms with Gasteiger partial charge in [-0.25, -0.2) is 0 Å². The first kappa shape index (κ1) is 32.2. The molecule has 0 amide bonds. The number of benzene rings is 2. The fourth-order valence-electron chi connectivity index (χ4n) is 4.32. The van der Waals surface area contributed by atoms with Gasteiger partial charge < -0.3 is 15.1 Å². The molecule has 2 aromatic carbocycles. The van der Waals surface area contributed by atoms with Crippen LogP contribution in [0.1, 0.15) is 18.4 Å². The van der Waals surface area contributed by atoms with Gasteiger partial charge in [-0.1, -0.05) is 53.2 Å². The summed E-state index contributed by atoms with van der Waals surface area (Å²) in [5, 5.41) is 23.1. The van der Waals surface area contributed by atoms with E-state index in [1.54, 1.807) is 33.7 Å². The van der Waals surface area contributed by atoms with Crippen LogP contribution in [0.2, 0.25) is 10.0 Å². The van der Waals surface area contributed by atoms with E-state index in [-0.39, 0.29) is 13.1 Å². The molecule has 1 aliphatic heterocycles. The van der Waals surface area contributed by atoms with Gasteiger partial charge in [-0.3, -0.25) is 9.11 Å². The first-order valence-corrected chi connectivity index (χ1v) is 17.8. The Labute approximate surface area is 256 Å². The third-order valence-corrected chi connectivity index (χ3v) is 10.3. The minimum Gasteiger partial charge on any atom is -0.390 e. The summed E-state index contributed by atoms with van der Waals surface area (Å²) in [7, 11) is -8.81. The summed E-state index contributed by atoms with van der Waals surface area (Å²) in [6, 6.07) is 10.5. The number of aromatic nitrogens is 1. The Hall–Kier alpha value is -1.72. The van der Waals surface area contributed by atoms with Crippen LogP contribution in [-0.4, -0.2) is 66.4 Å². The second-order valence-electron chi connectivity index (χ2n) is 9.35. The van der Waals surface area contributed by atoms with Crippen LogP contribution < -0.4 is 9.47 Å². The SMILES string of the molecule is CCC(=C/c1sc2ccc(Cl)cc2[n+]1CC(O)CS(=O)(=O)O)/C=C1/Sc2ccc(Cl)cc2N1CC(O)CS(=O)(=O)O. The highest BCUT2D eigenvalue weighted by Crippen LogP contribution is 2.47. The van der Waals surface area contributed by atoms with E-state index >= 15 is 0 Å². The van der Waals surface area contributed by atoms with Crippen LogP contribution in [0.3, 0.4) is 0 Å². The van der Waals surface area contributed by atoms with Crippen LogP contribution in [0, 0.1) is 0 Å². The predicted octanol–water partition coefficient (Wildman–Crippen LogP) is 4.24. The molecule has 1 aromatic heterocycles. The van der Waals surface area contributed by atoms with Gasteiger partial charge in [-0.05, 0) is 48.4 Å². The molecular weight excluding hydrogens is 655 g/mol. The highest BCUT2D eigenvalue weighted by atomic mass is 35.5. The number of β-amino-alcohol motifs (C(OH)–C–C–N with tert-alkyl or cyclic N) is 1. The minimum atomic E-state index is -4.40. The van der Waals surface area contributed by atoms with Crippen molar-refractivity contribution in [3.05, 3.63) is 68.1 Å². The average molecular weight is 683 g/mol. The monoisotopic (exact) mass is 681 g/mol. The van der Waals surface area contributed by atoms with Gasteiger partial charge in [0, 0.05) is 27.1 Å². The molecule has 2 unspecified atom stereocenters. The number of aliphatic hydroxyl groups excluding tert-OH is 2. The van der Waals surface area contributed by atoms with Crippen molar-refractivity contribution in [1.29, 1.82) is 0 Å². The molecule has 41 heavy (non-hydrogen) atoms. The van der Waals surface area contributed by atoms with Gasteiger partial charge in [-0.15, -0.1) is 0 Å². The van der Waals surface area contributed by atoms with Crippen molar-refractivity contribution in [2.45, 2.75) is 37.0 Å². The number of nitrogens with zero attached hydrogens (tertiary/aromatic N) is 2. The number of halogens is 2. The topological polar surface area (TPSA) is 156 Å². The van der Waals surface area contributed by atoms with Crippen molar-refractivity contribution < 1.29 is 40.7 Å². The number of rotatable bonds is 11. The maximum Gasteiger partial charge on any atom is 0.267 e. The lowest BCUT2D eigenvalue weighted by Crippen LogP contribution is -2.43. The maximum absolute atomic E-state index is 11.4. The summed E-state index contributed by atoms with van der Waals surface area (Å²) in [5.74, 6) is -1.66. The van der Waals surface area contributed by atoms with Gasteiger partial charge >= 0.3 is 0 Å². The molecule has 0 saturated carbocycles. The zero-order chi connectivity index (χ0) is 30.1. The van der Waals surface area contributed by atoms with E-state index in [0.717, 1.165) is 15.2 Å². The highest BCUT2D eigenvalue weighted by molar-refractivity contribution is 8.03. The van der Waals surface area contributed by atoms with Gasteiger partial charge in [0.2, 0.25) is 5.52 Å². The molecule has 2 atom stereocenters. The Morgan fingerprint density at radius 3 is 2.29 bits per heavy atom. The van der Waals surface area contributed by atoms with Crippen molar-refractivity contribution in [2.75, 3.05) is 23.0 Å². The molecule has 2 heterocycles. The molecule has 0 radical (unpaired) electrons. The van der Waals surface area contributed by atoms with Crippen molar-refractivity contribution in [3.63, 3.8) is 0 Å². The average Bonchev–Trinajstić information content (AvgIpc) is 3.33. The van der Waals surface area contributed by atoms with Gasteiger partial charge in [0.25, 0.3) is 25.2 Å². The molecule has 4 N–H and O–H groups in total. The number of thiazole rings is 1. The van der Waals surface area contributed by atoms with Crippen LogP contribution in [0.25, 0.3) is 16.3 Å². The minimum absolute atomic E-state index is 0.119. The molecule has 0 bridgehead atoms. The summed E-state index contributed by atoms with van der Waals surface area (Å²) in [6.45, 7) is 1.70. The molecule has 3 aromatic rings. The summed E-state index contributed by atoms with van der Waals surface area (Å²) >= 11 is 15.2. The quantitative estimate of drug-likeness (QED) is 0.171. The lowest BCUT2D eigenvalue weighted by molar-refractivity contribution is -0.675. The van der Waals surface area contributed by atoms with Crippen LogP contribution in [0.4, 0.5) is 5.69 Å². The second kappa shape index (κ2) is 12.9. The predicted molar refractivity (Wildman–Crippen MR) is 163 cm³/mol. The highest BCUT2D eigenvalue weighted by Gasteiger charge is 2.30. The van der Waals surface area contributed by atoms with Gasteiger partial charge in [0.05, 0.1) is 23.4 Å². The lowest BCUT2D eigenvalue weighted by Gasteiger charge is -2.23. The van der Waals surface area contributed by atoms with Gasteiger partial charge in [-0.2, -0.15) is 21.4 Å². The van der Waals surface area contributed by atoms with E-state index in [1.807, 2.05) is 31.2 Å². The number of hydrogen-bond donors (Lipinski definition) is 4. The number of aliphatic hydroxyl groups is 2. The van der Waals surface area contributed by atoms with E-state index < -0.39 is 43.9 Å². The maximum atomic E-state index is 11.4. The normalized spacial score (nSPS) is 16.9. The van der Waals surface area contributed by atoms with Crippen LogP contribution in [0.15, 0.2) is 58.0 Å². The van der Waals surface area contributed by atoms with E-state index in [2.05, 4.69) is 0 Å². The Morgan fingerprint density at radius 1 is 1.00 bits per heavy atom. The zero-order valence-corrected chi connectivity index (χ0v) is 26.3. The molecule has 4 rings (SSSR count). The fraction of sp³-hybridized carbons (Fsp3) is 0.320. The third kappa shape index (κ3) is 8.66. The Kier molecular flexibility index (Phi) is 10.1. The van der Waals surface area contributed by atoms with Crippen molar-refractivity contribution >= 4 is 88.5 Å². The lowest BCUT2D eigenvalue weighted by atomic mass is 10.2. The molecule has 16 heteroatoms. The van der Waals surface area contributed by atoms with Gasteiger partial charge in [0.15, 0.2) is 6.54 Å². The number of thioether (sulfide) groups is 1. The number of allylic oxidation sites excluding steroid dienone is 2. The first-order valence-electron chi connectivity index (χ1n) is 12.2. The summed E-state index contributed by atoms with van der Waals surface area (Å²) in [5.41, 5.74) is 2.19.